The standard InChI is InChI=1S/C27H20ClN3O4.C23H27NO3/c1-16-20(14-24(32)26-30-15-25(35-26)22-5-3-4-12-29-22)21-13-19(34-2)10-11-23(21)31(16)27(33)17-6-8-18(28)9-7-17;1-4-6-14-24-17(3)22(23(25)26-5-2)20-15-19(12-13-21(20)24)27-16-18-10-8-7-9-11-18/h3-13,15H,14H2,1-2H3;7-13,15H,4-6,14,16H2,1-3H3. The zero-order valence-electron chi connectivity index (χ0n) is 35.3. The molecule has 0 aliphatic carbocycles. The van der Waals surface area contributed by atoms with E-state index in [0.29, 0.717) is 63.3 Å². The Morgan fingerprint density at radius 1 is 0.790 bits per heavy atom. The third-order valence-corrected chi connectivity index (χ3v) is 10.8. The van der Waals surface area contributed by atoms with E-state index in [1.54, 1.807) is 60.3 Å². The molecule has 0 N–H and O–H groups in total. The molecule has 11 nitrogen and oxygen atoms in total. The molecule has 4 heterocycles. The highest BCUT2D eigenvalue weighted by molar-refractivity contribution is 6.30. The molecule has 0 amide bonds. The first-order valence-electron chi connectivity index (χ1n) is 20.5. The van der Waals surface area contributed by atoms with E-state index < -0.39 is 0 Å². The van der Waals surface area contributed by atoms with Crippen LogP contribution in [-0.2, 0) is 24.3 Å². The molecular weight excluding hydrogens is 804 g/mol. The van der Waals surface area contributed by atoms with Gasteiger partial charge in [-0.1, -0.05) is 61.3 Å². The Kier molecular flexibility index (Phi) is 13.6. The SMILES string of the molecule is CCCCn1c(C)c(C(=O)OCC)c2cc(OCc3ccccc3)ccc21.COc1ccc2c(c1)c(CC(=O)c1ncc(-c3ccccn3)o1)c(C)n2C(=O)c1ccc(Cl)cc1. The fourth-order valence-corrected chi connectivity index (χ4v) is 7.55. The van der Waals surface area contributed by atoms with Crippen molar-refractivity contribution in [1.82, 2.24) is 19.1 Å². The van der Waals surface area contributed by atoms with Crippen LogP contribution in [0.1, 0.15) is 80.6 Å². The molecule has 4 aromatic carbocycles. The van der Waals surface area contributed by atoms with Gasteiger partial charge in [0.25, 0.3) is 11.8 Å². The van der Waals surface area contributed by atoms with Gasteiger partial charge in [-0.15, -0.1) is 0 Å². The Morgan fingerprint density at radius 2 is 1.52 bits per heavy atom. The molecule has 0 aliphatic rings. The van der Waals surface area contributed by atoms with E-state index in [9.17, 15) is 14.4 Å². The lowest BCUT2D eigenvalue weighted by Gasteiger charge is -2.09. The van der Waals surface area contributed by atoms with Crippen molar-refractivity contribution >= 4 is 51.1 Å². The lowest BCUT2D eigenvalue weighted by Crippen LogP contribution is -2.14. The Morgan fingerprint density at radius 3 is 2.23 bits per heavy atom. The third-order valence-electron chi connectivity index (χ3n) is 10.6. The van der Waals surface area contributed by atoms with Crippen molar-refractivity contribution in [3.63, 3.8) is 0 Å². The summed E-state index contributed by atoms with van der Waals surface area (Å²) in [5.74, 6) is 0.971. The number of halogens is 1. The van der Waals surface area contributed by atoms with E-state index in [0.717, 1.165) is 52.7 Å². The highest BCUT2D eigenvalue weighted by atomic mass is 35.5. The molecule has 316 valence electrons. The largest absolute Gasteiger partial charge is 0.497 e. The maximum Gasteiger partial charge on any atom is 0.340 e. The minimum Gasteiger partial charge on any atom is -0.497 e. The van der Waals surface area contributed by atoms with Crippen molar-refractivity contribution in [2.45, 2.75) is 60.1 Å². The van der Waals surface area contributed by atoms with Gasteiger partial charge >= 0.3 is 5.97 Å². The number of carbonyl (C=O) groups is 3. The maximum absolute atomic E-state index is 13.4. The van der Waals surface area contributed by atoms with Crippen molar-refractivity contribution in [1.29, 1.82) is 0 Å². The number of methoxy groups -OCH3 is 1. The average Bonchev–Trinajstić information content (AvgIpc) is 3.98. The van der Waals surface area contributed by atoms with E-state index >= 15 is 0 Å². The molecule has 0 radical (unpaired) electrons. The van der Waals surface area contributed by atoms with Gasteiger partial charge in [0, 0.05) is 57.4 Å². The highest BCUT2D eigenvalue weighted by Gasteiger charge is 2.25. The van der Waals surface area contributed by atoms with Crippen LogP contribution >= 0.6 is 11.6 Å². The van der Waals surface area contributed by atoms with Crippen molar-refractivity contribution in [3.8, 4) is 23.0 Å². The number of fused-ring (bicyclic) bond motifs is 2. The van der Waals surface area contributed by atoms with Crippen LogP contribution in [0.4, 0.5) is 0 Å². The van der Waals surface area contributed by atoms with Gasteiger partial charge < -0.3 is 23.2 Å². The first-order valence-corrected chi connectivity index (χ1v) is 20.8. The number of rotatable bonds is 14. The lowest BCUT2D eigenvalue weighted by atomic mass is 10.0. The number of hydrogen-bond acceptors (Lipinski definition) is 9. The molecule has 8 aromatic rings. The number of nitrogens with zero attached hydrogens (tertiary/aromatic N) is 4. The van der Waals surface area contributed by atoms with Crippen molar-refractivity contribution in [3.05, 3.63) is 166 Å². The number of aromatic nitrogens is 4. The fourth-order valence-electron chi connectivity index (χ4n) is 7.42. The second kappa shape index (κ2) is 19.6. The van der Waals surface area contributed by atoms with Gasteiger partial charge in [-0.25, -0.2) is 9.78 Å². The number of ether oxygens (including phenoxy) is 3. The van der Waals surface area contributed by atoms with Crippen LogP contribution in [0.5, 0.6) is 11.5 Å². The molecule has 0 fully saturated rings. The Hall–Kier alpha value is -6.98. The number of Topliss-reactive ketones (excluding diaryl/α,β-unsaturated/α-hetero) is 1. The molecule has 0 spiro atoms. The number of carbonyl (C=O) groups excluding carboxylic acids is 3. The molecule has 0 aliphatic heterocycles. The number of benzene rings is 4. The molecule has 4 aromatic heterocycles. The van der Waals surface area contributed by atoms with Gasteiger partial charge in [0.1, 0.15) is 23.8 Å². The summed E-state index contributed by atoms with van der Waals surface area (Å²) in [7, 11) is 1.57. The first-order chi connectivity index (χ1) is 30.1. The number of unbranched alkanes of at least 4 members (excludes halogenated alkanes) is 1. The lowest BCUT2D eigenvalue weighted by molar-refractivity contribution is 0.0527. The smallest absolute Gasteiger partial charge is 0.340 e. The van der Waals surface area contributed by atoms with Gasteiger partial charge in [0.05, 0.1) is 31.0 Å². The third kappa shape index (κ3) is 9.33. The summed E-state index contributed by atoms with van der Waals surface area (Å²) in [5.41, 5.74) is 6.86. The average molecular weight is 851 g/mol. The normalized spacial score (nSPS) is 11.0. The van der Waals surface area contributed by atoms with Crippen LogP contribution in [0.15, 0.2) is 126 Å². The minimum atomic E-state index is -0.309. The molecule has 0 saturated heterocycles. The predicted molar refractivity (Wildman–Crippen MR) is 240 cm³/mol. The summed E-state index contributed by atoms with van der Waals surface area (Å²) in [6.07, 6.45) is 5.30. The highest BCUT2D eigenvalue weighted by Crippen LogP contribution is 2.33. The number of aryl methyl sites for hydroxylation is 1. The van der Waals surface area contributed by atoms with E-state index in [4.69, 9.17) is 30.2 Å². The number of esters is 1. The summed E-state index contributed by atoms with van der Waals surface area (Å²) < 4.78 is 26.2. The Bertz CT molecular complexity index is 2840. The van der Waals surface area contributed by atoms with Gasteiger partial charge in [-0.2, -0.15) is 0 Å². The Labute approximate surface area is 364 Å². The van der Waals surface area contributed by atoms with Crippen LogP contribution in [0.25, 0.3) is 33.3 Å². The fraction of sp³-hybridized carbons (Fsp3) is 0.220. The van der Waals surface area contributed by atoms with Crippen LogP contribution in [0.3, 0.4) is 0 Å². The van der Waals surface area contributed by atoms with Gasteiger partial charge in [0.15, 0.2) is 5.76 Å². The van der Waals surface area contributed by atoms with Gasteiger partial charge in [-0.05, 0) is 111 Å². The number of hydrogen-bond donors (Lipinski definition) is 0. The monoisotopic (exact) mass is 850 g/mol. The molecule has 62 heavy (non-hydrogen) atoms. The number of ketones is 1. The quantitative estimate of drug-likeness (QED) is 0.0776. The molecule has 0 saturated carbocycles. The molecule has 8 rings (SSSR count). The van der Waals surface area contributed by atoms with Crippen molar-refractivity contribution in [2.75, 3.05) is 13.7 Å². The van der Waals surface area contributed by atoms with Crippen LogP contribution in [0.2, 0.25) is 5.02 Å². The molecule has 12 heteroatoms. The topological polar surface area (TPSA) is 128 Å². The number of oxazole rings is 1. The summed E-state index contributed by atoms with van der Waals surface area (Å²) in [5, 5.41) is 2.18. The second-order valence-corrected chi connectivity index (χ2v) is 15.0. The van der Waals surface area contributed by atoms with E-state index in [2.05, 4.69) is 21.5 Å². The number of pyridine rings is 1. The van der Waals surface area contributed by atoms with Gasteiger partial charge in [-0.3, -0.25) is 19.1 Å². The molecule has 0 bridgehead atoms. The molecule has 0 unspecified atom stereocenters. The Balaban J connectivity index is 0.000000193. The van der Waals surface area contributed by atoms with E-state index in [-0.39, 0.29) is 30.0 Å². The first kappa shape index (κ1) is 43.1. The predicted octanol–water partition coefficient (Wildman–Crippen LogP) is 11.3. The zero-order valence-corrected chi connectivity index (χ0v) is 36.1. The maximum atomic E-state index is 13.4. The van der Waals surface area contributed by atoms with Crippen LogP contribution in [-0.4, -0.2) is 50.5 Å². The zero-order chi connectivity index (χ0) is 43.8. The molecule has 0 atom stereocenters. The van der Waals surface area contributed by atoms with Crippen molar-refractivity contribution in [2.24, 2.45) is 0 Å². The summed E-state index contributed by atoms with van der Waals surface area (Å²) in [6.45, 7) is 9.56. The van der Waals surface area contributed by atoms with Gasteiger partial charge in [0.2, 0.25) is 5.78 Å². The summed E-state index contributed by atoms with van der Waals surface area (Å²) in [6, 6.07) is 33.6. The molecular formula is C50H47ClN4O7. The second-order valence-electron chi connectivity index (χ2n) is 14.6. The summed E-state index contributed by atoms with van der Waals surface area (Å²) >= 11 is 5.99. The van der Waals surface area contributed by atoms with Crippen molar-refractivity contribution < 1.29 is 33.0 Å². The van der Waals surface area contributed by atoms with Crippen LogP contribution < -0.4 is 9.47 Å². The minimum absolute atomic E-state index is 0.00142. The van der Waals surface area contributed by atoms with E-state index in [1.807, 2.05) is 87.5 Å². The summed E-state index contributed by atoms with van der Waals surface area (Å²) in [4.78, 5) is 47.6. The van der Waals surface area contributed by atoms with E-state index in [1.165, 1.54) is 6.20 Å². The van der Waals surface area contributed by atoms with Crippen LogP contribution in [0, 0.1) is 13.8 Å².